The number of benzene rings is 1. The van der Waals surface area contributed by atoms with Crippen LogP contribution in [0.2, 0.25) is 0 Å². The van der Waals surface area contributed by atoms with E-state index in [1.165, 1.54) is 0 Å². The maximum Gasteiger partial charge on any atom is 0.326 e. The van der Waals surface area contributed by atoms with Crippen molar-refractivity contribution in [3.63, 3.8) is 0 Å². The zero-order chi connectivity index (χ0) is 17.6. The average Bonchev–Trinajstić information content (AvgIpc) is 2.85. The summed E-state index contributed by atoms with van der Waals surface area (Å²) in [5, 5.41) is 20.2. The summed E-state index contributed by atoms with van der Waals surface area (Å²) in [6.07, 6.45) is 1.56. The summed E-state index contributed by atoms with van der Waals surface area (Å²) in [7, 11) is 0. The van der Waals surface area contributed by atoms with Gasteiger partial charge in [-0.1, -0.05) is 41.5 Å². The molecule has 1 unspecified atom stereocenters. The summed E-state index contributed by atoms with van der Waals surface area (Å²) in [6.45, 7) is 13.1. The van der Waals surface area contributed by atoms with E-state index in [2.05, 4.69) is 41.5 Å². The summed E-state index contributed by atoms with van der Waals surface area (Å²) in [6, 6.07) is 3.46. The molecule has 1 atom stereocenters. The van der Waals surface area contributed by atoms with E-state index >= 15 is 0 Å². The van der Waals surface area contributed by atoms with Crippen molar-refractivity contribution in [3.05, 3.63) is 23.3 Å². The molecule has 1 aromatic carbocycles. The van der Waals surface area contributed by atoms with Gasteiger partial charge in [-0.15, -0.1) is 0 Å². The number of phenolic OH excluding ortho intramolecular Hbond substituents is 1. The van der Waals surface area contributed by atoms with Gasteiger partial charge in [-0.25, -0.2) is 4.79 Å². The molecular formula is C19H29NO3. The molecule has 2 N–H and O–H groups in total. The van der Waals surface area contributed by atoms with Crippen LogP contribution in [-0.4, -0.2) is 28.8 Å². The number of carbonyl (C=O) groups is 1. The molecule has 1 heterocycles. The van der Waals surface area contributed by atoms with Gasteiger partial charge < -0.3 is 15.1 Å². The summed E-state index contributed by atoms with van der Waals surface area (Å²) in [4.78, 5) is 13.5. The first kappa shape index (κ1) is 17.6. The monoisotopic (exact) mass is 319 g/mol. The van der Waals surface area contributed by atoms with Crippen LogP contribution < -0.4 is 4.90 Å². The van der Waals surface area contributed by atoms with Gasteiger partial charge in [0.25, 0.3) is 0 Å². The van der Waals surface area contributed by atoms with Crippen LogP contribution in [0.25, 0.3) is 0 Å². The fourth-order valence-corrected chi connectivity index (χ4v) is 3.26. The lowest BCUT2D eigenvalue weighted by Gasteiger charge is -2.31. The summed E-state index contributed by atoms with van der Waals surface area (Å²) in [5.74, 6) is -0.440. The van der Waals surface area contributed by atoms with E-state index in [1.807, 2.05) is 17.0 Å². The maximum absolute atomic E-state index is 11.5. The van der Waals surface area contributed by atoms with Gasteiger partial charge in [0.1, 0.15) is 11.8 Å². The van der Waals surface area contributed by atoms with Gasteiger partial charge in [-0.05, 0) is 35.8 Å². The van der Waals surface area contributed by atoms with Crippen molar-refractivity contribution < 1.29 is 15.0 Å². The molecule has 0 bridgehead atoms. The van der Waals surface area contributed by atoms with E-state index in [9.17, 15) is 15.0 Å². The summed E-state index contributed by atoms with van der Waals surface area (Å²) >= 11 is 0. The van der Waals surface area contributed by atoms with Crippen molar-refractivity contribution >= 4 is 11.7 Å². The third-order valence-electron chi connectivity index (χ3n) is 4.58. The first-order chi connectivity index (χ1) is 10.4. The van der Waals surface area contributed by atoms with Crippen LogP contribution in [0, 0.1) is 0 Å². The Hall–Kier alpha value is -1.71. The number of hydrogen-bond donors (Lipinski definition) is 2. The number of carboxylic acid groups (broad SMARTS) is 1. The van der Waals surface area contributed by atoms with Crippen molar-refractivity contribution in [1.82, 2.24) is 0 Å². The number of rotatable bonds is 2. The maximum atomic E-state index is 11.5. The minimum Gasteiger partial charge on any atom is -0.507 e. The minimum absolute atomic E-state index is 0.210. The first-order valence-corrected chi connectivity index (χ1v) is 8.30. The number of hydrogen-bond acceptors (Lipinski definition) is 3. The van der Waals surface area contributed by atoms with E-state index < -0.39 is 12.0 Å². The third-order valence-corrected chi connectivity index (χ3v) is 4.58. The number of aromatic hydroxyl groups is 1. The van der Waals surface area contributed by atoms with E-state index in [4.69, 9.17) is 0 Å². The second-order valence-electron chi connectivity index (χ2n) is 8.58. The molecule has 0 aliphatic carbocycles. The molecule has 0 amide bonds. The summed E-state index contributed by atoms with van der Waals surface area (Å²) in [5.41, 5.74) is 2.23. The highest BCUT2D eigenvalue weighted by Crippen LogP contribution is 2.42. The second-order valence-corrected chi connectivity index (χ2v) is 8.58. The number of aliphatic carboxylic acids is 1. The lowest BCUT2D eigenvalue weighted by Crippen LogP contribution is -2.36. The molecule has 1 aromatic rings. The van der Waals surface area contributed by atoms with Gasteiger partial charge in [-0.3, -0.25) is 0 Å². The van der Waals surface area contributed by atoms with Crippen molar-refractivity contribution in [1.29, 1.82) is 0 Å². The average molecular weight is 319 g/mol. The van der Waals surface area contributed by atoms with Gasteiger partial charge in [-0.2, -0.15) is 0 Å². The van der Waals surface area contributed by atoms with Crippen molar-refractivity contribution in [2.24, 2.45) is 0 Å². The Morgan fingerprint density at radius 2 is 1.57 bits per heavy atom. The lowest BCUT2D eigenvalue weighted by molar-refractivity contribution is -0.138. The predicted molar refractivity (Wildman–Crippen MR) is 93.5 cm³/mol. The molecular weight excluding hydrogens is 290 g/mol. The molecule has 0 aromatic heterocycles. The highest BCUT2D eigenvalue weighted by Gasteiger charge is 2.33. The Balaban J connectivity index is 2.63. The molecule has 2 rings (SSSR count). The minimum atomic E-state index is -0.773. The Kier molecular flexibility index (Phi) is 4.40. The van der Waals surface area contributed by atoms with Crippen LogP contribution in [0.15, 0.2) is 12.1 Å². The van der Waals surface area contributed by atoms with Crippen LogP contribution in [0.1, 0.15) is 65.5 Å². The zero-order valence-electron chi connectivity index (χ0n) is 15.1. The number of anilines is 1. The number of nitrogens with zero attached hydrogens (tertiary/aromatic N) is 1. The van der Waals surface area contributed by atoms with E-state index in [0.717, 1.165) is 29.8 Å². The Morgan fingerprint density at radius 3 is 1.96 bits per heavy atom. The van der Waals surface area contributed by atoms with Crippen LogP contribution in [0.4, 0.5) is 5.69 Å². The van der Waals surface area contributed by atoms with Crippen LogP contribution in [0.5, 0.6) is 5.75 Å². The van der Waals surface area contributed by atoms with Crippen LogP contribution >= 0.6 is 0 Å². The standard InChI is InChI=1S/C19H29NO3/c1-18(2,3)13-10-12(11-14(16(13)21)19(4,5)6)20-9-7-8-15(20)17(22)23/h10-11,15,21H,7-9H2,1-6H3,(H,22,23). The molecule has 0 spiro atoms. The Bertz CT molecular complexity index is 573. The van der Waals surface area contributed by atoms with E-state index in [-0.39, 0.29) is 10.8 Å². The Morgan fingerprint density at radius 1 is 1.09 bits per heavy atom. The van der Waals surface area contributed by atoms with Crippen molar-refractivity contribution in [2.45, 2.75) is 71.3 Å². The van der Waals surface area contributed by atoms with E-state index in [0.29, 0.717) is 12.2 Å². The highest BCUT2D eigenvalue weighted by atomic mass is 16.4. The molecule has 4 heteroatoms. The van der Waals surface area contributed by atoms with Gasteiger partial charge in [0, 0.05) is 23.4 Å². The van der Waals surface area contributed by atoms with Crippen LogP contribution in [-0.2, 0) is 15.6 Å². The predicted octanol–water partition coefficient (Wildman–Crippen LogP) is 4.04. The van der Waals surface area contributed by atoms with Gasteiger partial charge in [0.05, 0.1) is 0 Å². The molecule has 1 fully saturated rings. The fourth-order valence-electron chi connectivity index (χ4n) is 3.26. The third kappa shape index (κ3) is 3.46. The van der Waals surface area contributed by atoms with Gasteiger partial charge >= 0.3 is 5.97 Å². The molecule has 1 saturated heterocycles. The van der Waals surface area contributed by atoms with E-state index in [1.54, 1.807) is 0 Å². The number of phenols is 1. The first-order valence-electron chi connectivity index (χ1n) is 8.30. The molecule has 128 valence electrons. The molecule has 1 aliphatic heterocycles. The second kappa shape index (κ2) is 5.73. The molecule has 4 nitrogen and oxygen atoms in total. The largest absolute Gasteiger partial charge is 0.507 e. The molecule has 0 saturated carbocycles. The fraction of sp³-hybridized carbons (Fsp3) is 0.632. The molecule has 0 radical (unpaired) electrons. The zero-order valence-corrected chi connectivity index (χ0v) is 15.1. The van der Waals surface area contributed by atoms with Gasteiger partial charge in [0.2, 0.25) is 0 Å². The molecule has 1 aliphatic rings. The van der Waals surface area contributed by atoms with Crippen molar-refractivity contribution in [3.8, 4) is 5.75 Å². The van der Waals surface area contributed by atoms with Crippen molar-refractivity contribution in [2.75, 3.05) is 11.4 Å². The quantitative estimate of drug-likeness (QED) is 0.863. The lowest BCUT2D eigenvalue weighted by atomic mass is 9.79. The normalized spacial score (nSPS) is 19.2. The highest BCUT2D eigenvalue weighted by molar-refractivity contribution is 5.79. The topological polar surface area (TPSA) is 60.8 Å². The van der Waals surface area contributed by atoms with Gasteiger partial charge in [0.15, 0.2) is 0 Å². The summed E-state index contributed by atoms with van der Waals surface area (Å²) < 4.78 is 0. The Labute approximate surface area is 139 Å². The number of carboxylic acids is 1. The smallest absolute Gasteiger partial charge is 0.326 e. The SMILES string of the molecule is CC(C)(C)c1cc(N2CCCC2C(=O)O)cc(C(C)(C)C)c1O. The van der Waals surface area contributed by atoms with Crippen LogP contribution in [0.3, 0.4) is 0 Å². The molecule has 23 heavy (non-hydrogen) atoms.